The largest absolute Gasteiger partial charge is 0.348 e. The molecule has 0 atom stereocenters. The van der Waals surface area contributed by atoms with Gasteiger partial charge in [0.15, 0.2) is 0 Å². The fraction of sp³-hybridized carbons (Fsp3) is 0.188. The Labute approximate surface area is 119 Å². The number of carbonyl (C=O) groups excluding carboxylic acids is 1. The van der Waals surface area contributed by atoms with Gasteiger partial charge in [0.2, 0.25) is 0 Å². The first kappa shape index (κ1) is 14.1. The zero-order valence-corrected chi connectivity index (χ0v) is 11.5. The molecule has 2 aromatic carbocycles. The van der Waals surface area contributed by atoms with E-state index < -0.39 is 0 Å². The number of amides is 1. The van der Waals surface area contributed by atoms with Gasteiger partial charge in [-0.1, -0.05) is 43.3 Å². The van der Waals surface area contributed by atoms with Crippen LogP contribution in [0.25, 0.3) is 0 Å². The van der Waals surface area contributed by atoms with Crippen LogP contribution in [0, 0.1) is 0 Å². The minimum Gasteiger partial charge on any atom is -0.348 e. The van der Waals surface area contributed by atoms with Crippen molar-refractivity contribution in [1.29, 1.82) is 0 Å². The minimum atomic E-state index is -0.141. The molecule has 0 fully saturated rings. The Morgan fingerprint density at radius 3 is 2.35 bits per heavy atom. The van der Waals surface area contributed by atoms with Gasteiger partial charge in [0, 0.05) is 6.54 Å². The van der Waals surface area contributed by atoms with Gasteiger partial charge in [0.05, 0.1) is 11.3 Å². The van der Waals surface area contributed by atoms with Gasteiger partial charge in [0.25, 0.3) is 5.91 Å². The topological polar surface area (TPSA) is 67.2 Å². The van der Waals surface area contributed by atoms with Crippen LogP contribution in [0.2, 0.25) is 0 Å². The van der Waals surface area contributed by atoms with Crippen molar-refractivity contribution in [3.63, 3.8) is 0 Å². The van der Waals surface area contributed by atoms with Gasteiger partial charge in [0.1, 0.15) is 0 Å². The van der Waals surface area contributed by atoms with Crippen LogP contribution in [0.4, 0.5) is 5.69 Å². The molecule has 0 aliphatic carbocycles. The van der Waals surface area contributed by atoms with E-state index in [1.807, 2.05) is 24.3 Å². The van der Waals surface area contributed by atoms with E-state index in [9.17, 15) is 4.79 Å². The summed E-state index contributed by atoms with van der Waals surface area (Å²) in [5.41, 5.74) is 6.05. The second-order valence-electron chi connectivity index (χ2n) is 4.54. The molecule has 4 nitrogen and oxygen atoms in total. The summed E-state index contributed by atoms with van der Waals surface area (Å²) in [5, 5.41) is 2.89. The Hall–Kier alpha value is -2.33. The predicted molar refractivity (Wildman–Crippen MR) is 81.2 cm³/mol. The molecule has 104 valence electrons. The summed E-state index contributed by atoms with van der Waals surface area (Å²) in [5.74, 6) is 5.26. The van der Waals surface area contributed by atoms with Crippen LogP contribution in [0.5, 0.6) is 0 Å². The van der Waals surface area contributed by atoms with E-state index in [-0.39, 0.29) is 5.91 Å². The first-order valence-corrected chi connectivity index (χ1v) is 6.66. The molecule has 0 aliphatic rings. The Morgan fingerprint density at radius 1 is 1.05 bits per heavy atom. The Kier molecular flexibility index (Phi) is 4.74. The zero-order valence-electron chi connectivity index (χ0n) is 11.5. The van der Waals surface area contributed by atoms with Crippen LogP contribution in [-0.2, 0) is 13.0 Å². The van der Waals surface area contributed by atoms with Crippen molar-refractivity contribution in [2.45, 2.75) is 19.9 Å². The van der Waals surface area contributed by atoms with E-state index in [4.69, 9.17) is 5.84 Å². The van der Waals surface area contributed by atoms with Crippen molar-refractivity contribution >= 4 is 11.6 Å². The number of hydrogen-bond acceptors (Lipinski definition) is 3. The number of carbonyl (C=O) groups is 1. The number of benzene rings is 2. The number of para-hydroxylation sites is 1. The molecular weight excluding hydrogens is 250 g/mol. The highest BCUT2D eigenvalue weighted by atomic mass is 16.1. The quantitative estimate of drug-likeness (QED) is 0.577. The fourth-order valence-corrected chi connectivity index (χ4v) is 1.98. The maximum absolute atomic E-state index is 12.1. The summed E-state index contributed by atoms with van der Waals surface area (Å²) in [4.78, 5) is 12.1. The number of hydrazine groups is 1. The number of nitrogen functional groups attached to an aromatic ring is 1. The van der Waals surface area contributed by atoms with Gasteiger partial charge in [-0.3, -0.25) is 10.6 Å². The molecule has 0 aromatic heterocycles. The molecule has 1 amide bonds. The molecule has 4 N–H and O–H groups in total. The summed E-state index contributed by atoms with van der Waals surface area (Å²) < 4.78 is 0. The highest BCUT2D eigenvalue weighted by Gasteiger charge is 2.09. The average molecular weight is 269 g/mol. The second kappa shape index (κ2) is 6.73. The number of nitrogens with one attached hydrogen (secondary N) is 2. The molecule has 0 heterocycles. The summed E-state index contributed by atoms with van der Waals surface area (Å²) in [7, 11) is 0. The number of nitrogens with two attached hydrogens (primary N) is 1. The molecule has 4 heteroatoms. The first-order chi connectivity index (χ1) is 9.74. The van der Waals surface area contributed by atoms with Crippen molar-refractivity contribution in [3.05, 3.63) is 65.2 Å². The SMILES string of the molecule is CCc1ccc(CNC(=O)c2ccccc2NN)cc1. The normalized spacial score (nSPS) is 10.1. The molecular formula is C16H19N3O. The first-order valence-electron chi connectivity index (χ1n) is 6.66. The molecule has 0 unspecified atom stereocenters. The average Bonchev–Trinajstić information content (AvgIpc) is 2.53. The van der Waals surface area contributed by atoms with E-state index >= 15 is 0 Å². The highest BCUT2D eigenvalue weighted by Crippen LogP contribution is 2.13. The molecule has 2 rings (SSSR count). The van der Waals surface area contributed by atoms with Crippen LogP contribution < -0.4 is 16.6 Å². The Balaban J connectivity index is 2.01. The lowest BCUT2D eigenvalue weighted by Gasteiger charge is -2.09. The molecule has 0 spiro atoms. The van der Waals surface area contributed by atoms with Crippen molar-refractivity contribution in [1.82, 2.24) is 5.32 Å². The van der Waals surface area contributed by atoms with Gasteiger partial charge in [-0.2, -0.15) is 0 Å². The number of hydrogen-bond donors (Lipinski definition) is 3. The van der Waals surface area contributed by atoms with E-state index in [0.717, 1.165) is 12.0 Å². The second-order valence-corrected chi connectivity index (χ2v) is 4.54. The minimum absolute atomic E-state index is 0.141. The van der Waals surface area contributed by atoms with Crippen LogP contribution in [0.1, 0.15) is 28.4 Å². The third-order valence-electron chi connectivity index (χ3n) is 3.21. The number of rotatable bonds is 5. The van der Waals surface area contributed by atoms with E-state index in [1.54, 1.807) is 12.1 Å². The van der Waals surface area contributed by atoms with Gasteiger partial charge >= 0.3 is 0 Å². The lowest BCUT2D eigenvalue weighted by molar-refractivity contribution is 0.0951. The Morgan fingerprint density at radius 2 is 1.70 bits per heavy atom. The third-order valence-corrected chi connectivity index (χ3v) is 3.21. The fourth-order valence-electron chi connectivity index (χ4n) is 1.98. The van der Waals surface area contributed by atoms with E-state index in [2.05, 4.69) is 29.8 Å². The smallest absolute Gasteiger partial charge is 0.253 e. The summed E-state index contributed by atoms with van der Waals surface area (Å²) in [6, 6.07) is 15.4. The zero-order chi connectivity index (χ0) is 14.4. The molecule has 0 bridgehead atoms. The van der Waals surface area contributed by atoms with Crippen LogP contribution in [0.3, 0.4) is 0 Å². The Bertz CT molecular complexity index is 579. The monoisotopic (exact) mass is 269 g/mol. The molecule has 0 aliphatic heterocycles. The van der Waals surface area contributed by atoms with Gasteiger partial charge < -0.3 is 10.7 Å². The van der Waals surface area contributed by atoms with Gasteiger partial charge in [-0.15, -0.1) is 0 Å². The van der Waals surface area contributed by atoms with Crippen LogP contribution in [-0.4, -0.2) is 5.91 Å². The van der Waals surface area contributed by atoms with Gasteiger partial charge in [-0.05, 0) is 29.7 Å². The number of aryl methyl sites for hydroxylation is 1. The lowest BCUT2D eigenvalue weighted by Crippen LogP contribution is -2.24. The van der Waals surface area contributed by atoms with Crippen molar-refractivity contribution in [2.24, 2.45) is 5.84 Å². The number of anilines is 1. The summed E-state index contributed by atoms with van der Waals surface area (Å²) in [6.07, 6.45) is 1.02. The summed E-state index contributed by atoms with van der Waals surface area (Å²) in [6.45, 7) is 2.62. The molecule has 0 radical (unpaired) electrons. The van der Waals surface area contributed by atoms with Crippen molar-refractivity contribution < 1.29 is 4.79 Å². The van der Waals surface area contributed by atoms with E-state index in [0.29, 0.717) is 17.8 Å². The van der Waals surface area contributed by atoms with E-state index in [1.165, 1.54) is 5.56 Å². The molecule has 0 saturated heterocycles. The predicted octanol–water partition coefficient (Wildman–Crippen LogP) is 2.46. The summed E-state index contributed by atoms with van der Waals surface area (Å²) >= 11 is 0. The standard InChI is InChI=1S/C16H19N3O/c1-2-12-7-9-13(10-8-12)11-18-16(20)14-5-3-4-6-15(14)19-17/h3-10,19H,2,11,17H2,1H3,(H,18,20). The third kappa shape index (κ3) is 3.36. The maximum Gasteiger partial charge on any atom is 0.253 e. The lowest BCUT2D eigenvalue weighted by atomic mass is 10.1. The van der Waals surface area contributed by atoms with Crippen molar-refractivity contribution in [3.8, 4) is 0 Å². The molecule has 2 aromatic rings. The van der Waals surface area contributed by atoms with Crippen molar-refractivity contribution in [2.75, 3.05) is 5.43 Å². The molecule has 0 saturated carbocycles. The maximum atomic E-state index is 12.1. The van der Waals surface area contributed by atoms with Gasteiger partial charge in [-0.25, -0.2) is 0 Å². The van der Waals surface area contributed by atoms with Crippen LogP contribution in [0.15, 0.2) is 48.5 Å². The molecule has 20 heavy (non-hydrogen) atoms. The van der Waals surface area contributed by atoms with Crippen LogP contribution >= 0.6 is 0 Å². The highest BCUT2D eigenvalue weighted by molar-refractivity contribution is 5.99.